The van der Waals surface area contributed by atoms with E-state index >= 15 is 0 Å². The van der Waals surface area contributed by atoms with E-state index in [9.17, 15) is 25.9 Å². The first-order valence-corrected chi connectivity index (χ1v) is 46.0. The van der Waals surface area contributed by atoms with Gasteiger partial charge in [-0.1, -0.05) is 488 Å². The second kappa shape index (κ2) is 76.9. The van der Waals surface area contributed by atoms with Crippen molar-refractivity contribution in [2.24, 2.45) is 0 Å². The third-order valence-electron chi connectivity index (χ3n) is 21.1. The predicted molar refractivity (Wildman–Crippen MR) is 426 cm³/mol. The molecular formula is C88H162BaO6S2. The molecule has 97 heavy (non-hydrogen) atoms. The van der Waals surface area contributed by atoms with E-state index in [1.54, 1.807) is 24.3 Å². The molecule has 2 aromatic rings. The van der Waals surface area contributed by atoms with Crippen molar-refractivity contribution in [3.8, 4) is 0 Å². The summed E-state index contributed by atoms with van der Waals surface area (Å²) >= 11 is 0. The van der Waals surface area contributed by atoms with Crippen LogP contribution in [-0.2, 0) is 33.1 Å². The van der Waals surface area contributed by atoms with Gasteiger partial charge in [0.2, 0.25) is 0 Å². The van der Waals surface area contributed by atoms with Crippen LogP contribution in [0.2, 0.25) is 0 Å². The largest absolute Gasteiger partial charge is 2.00 e. The molecule has 0 N–H and O–H groups in total. The number of hydrogen-bond acceptors (Lipinski definition) is 6. The minimum atomic E-state index is -4.33. The summed E-state index contributed by atoms with van der Waals surface area (Å²) in [6.07, 6.45) is 105. The van der Waals surface area contributed by atoms with Gasteiger partial charge in [0, 0.05) is 0 Å². The summed E-state index contributed by atoms with van der Waals surface area (Å²) in [6.45, 7) is 4.61. The molecule has 0 radical (unpaired) electrons. The standard InChI is InChI=1S/2C44H82O3S.Ba/c2*1-2-3-4-5-6-7-8-9-10-11-12-13-14-15-16-17-18-19-20-21-22-23-24-25-26-27-28-29-30-31-32-33-34-35-36-37-38-43-39-41-44(42-40-43)48(45,46)47;/h2*39-42H,2-38H2,1H3,(H,45,46,47);/q;;+2/p-2. The van der Waals surface area contributed by atoms with Crippen molar-refractivity contribution in [1.82, 2.24) is 0 Å². The molecule has 564 valence electrons. The Balaban J connectivity index is 0.00000188. The summed E-state index contributed by atoms with van der Waals surface area (Å²) in [5.74, 6) is 0. The maximum atomic E-state index is 11.0. The molecule has 9 heteroatoms. The Bertz CT molecular complexity index is 1910. The van der Waals surface area contributed by atoms with E-state index in [-0.39, 0.29) is 58.7 Å². The molecule has 0 heterocycles. The van der Waals surface area contributed by atoms with Gasteiger partial charge in [-0.15, -0.1) is 0 Å². The normalized spacial score (nSPS) is 11.8. The maximum absolute atomic E-state index is 11.0. The molecule has 0 aliphatic heterocycles. The van der Waals surface area contributed by atoms with Crippen molar-refractivity contribution in [3.63, 3.8) is 0 Å². The van der Waals surface area contributed by atoms with Crippen molar-refractivity contribution in [1.29, 1.82) is 0 Å². The van der Waals surface area contributed by atoms with Crippen LogP contribution in [0, 0.1) is 0 Å². The van der Waals surface area contributed by atoms with Gasteiger partial charge in [-0.05, 0) is 61.1 Å². The average molecular weight is 1520 g/mol. The first-order chi connectivity index (χ1) is 47.1. The van der Waals surface area contributed by atoms with E-state index in [2.05, 4.69) is 13.8 Å². The quantitative estimate of drug-likeness (QED) is 0.0370. The zero-order valence-electron chi connectivity index (χ0n) is 64.9. The fourth-order valence-electron chi connectivity index (χ4n) is 14.5. The molecule has 0 unspecified atom stereocenters. The van der Waals surface area contributed by atoms with Crippen molar-refractivity contribution in [3.05, 3.63) is 59.7 Å². The van der Waals surface area contributed by atoms with E-state index in [1.807, 2.05) is 0 Å². The van der Waals surface area contributed by atoms with Crippen LogP contribution in [0.3, 0.4) is 0 Å². The number of aryl methyl sites for hydroxylation is 2. The Labute approximate surface area is 647 Å². The van der Waals surface area contributed by atoms with Gasteiger partial charge in [0.05, 0.1) is 9.79 Å². The fraction of sp³-hybridized carbons (Fsp3) is 0.864. The maximum Gasteiger partial charge on any atom is 2.00 e. The molecule has 6 nitrogen and oxygen atoms in total. The molecule has 2 rings (SSSR count). The van der Waals surface area contributed by atoms with Gasteiger partial charge in [-0.3, -0.25) is 0 Å². The predicted octanol–water partition coefficient (Wildman–Crippen LogP) is 30.0. The van der Waals surface area contributed by atoms with Crippen molar-refractivity contribution >= 4 is 69.1 Å². The molecule has 0 aromatic heterocycles. The Morgan fingerprint density at radius 1 is 0.186 bits per heavy atom. The van der Waals surface area contributed by atoms with Crippen LogP contribution in [0.4, 0.5) is 0 Å². The molecule has 0 bridgehead atoms. The monoisotopic (exact) mass is 1520 g/mol. The Morgan fingerprint density at radius 3 is 0.392 bits per heavy atom. The first kappa shape index (κ1) is 96.8. The molecule has 0 aliphatic rings. The third-order valence-corrected chi connectivity index (χ3v) is 22.8. The summed E-state index contributed by atoms with van der Waals surface area (Å²) < 4.78 is 66.0. The Hall–Kier alpha value is -0.169. The molecule has 0 fully saturated rings. The molecule has 0 atom stereocenters. The van der Waals surface area contributed by atoms with Gasteiger partial charge in [0.25, 0.3) is 0 Å². The molecule has 2 aromatic carbocycles. The van der Waals surface area contributed by atoms with E-state index in [1.165, 1.54) is 474 Å². The van der Waals surface area contributed by atoms with Gasteiger partial charge >= 0.3 is 48.9 Å². The van der Waals surface area contributed by atoms with Crippen LogP contribution in [-0.4, -0.2) is 74.8 Å². The number of rotatable bonds is 76. The molecular weight excluding hydrogens is 1350 g/mol. The van der Waals surface area contributed by atoms with Crippen molar-refractivity contribution in [2.45, 2.75) is 499 Å². The molecule has 0 aliphatic carbocycles. The van der Waals surface area contributed by atoms with Crippen LogP contribution in [0.5, 0.6) is 0 Å². The number of hydrogen-bond donors (Lipinski definition) is 0. The second-order valence-electron chi connectivity index (χ2n) is 30.4. The van der Waals surface area contributed by atoms with Crippen LogP contribution >= 0.6 is 0 Å². The third kappa shape index (κ3) is 72.6. The van der Waals surface area contributed by atoms with Crippen LogP contribution in [0.25, 0.3) is 0 Å². The summed E-state index contributed by atoms with van der Waals surface area (Å²) in [7, 11) is -8.66. The van der Waals surface area contributed by atoms with E-state index in [4.69, 9.17) is 0 Å². The van der Waals surface area contributed by atoms with Gasteiger partial charge in [-0.2, -0.15) is 0 Å². The molecule has 0 saturated heterocycles. The number of benzene rings is 2. The topological polar surface area (TPSA) is 114 Å². The fourth-order valence-corrected chi connectivity index (χ4v) is 15.4. The summed E-state index contributed by atoms with van der Waals surface area (Å²) in [5.41, 5.74) is 2.23. The Kier molecular flexibility index (Phi) is 76.8. The van der Waals surface area contributed by atoms with Gasteiger partial charge in [0.1, 0.15) is 20.2 Å². The van der Waals surface area contributed by atoms with Gasteiger partial charge in [0.15, 0.2) is 0 Å². The molecule has 0 spiro atoms. The molecule has 0 amide bonds. The van der Waals surface area contributed by atoms with Crippen LogP contribution < -0.4 is 0 Å². The smallest absolute Gasteiger partial charge is 0.744 e. The minimum absolute atomic E-state index is 0. The SMILES string of the molecule is CCCCCCCCCCCCCCCCCCCCCCCCCCCCCCCCCCCCCCc1ccc(S(=O)(=O)[O-])cc1.CCCCCCCCCCCCCCCCCCCCCCCCCCCCCCCCCCCCCCc1ccc(S(=O)(=O)[O-])cc1.[Ba+2]. The summed E-state index contributed by atoms with van der Waals surface area (Å²) in [6, 6.07) is 12.8. The second-order valence-corrected chi connectivity index (χ2v) is 33.2. The summed E-state index contributed by atoms with van der Waals surface area (Å²) in [4.78, 5) is -0.263. The number of unbranched alkanes of at least 4 members (excludes halogenated alkanes) is 70. The van der Waals surface area contributed by atoms with E-state index < -0.39 is 20.2 Å². The van der Waals surface area contributed by atoms with Gasteiger partial charge < -0.3 is 9.11 Å². The van der Waals surface area contributed by atoms with E-state index in [0.29, 0.717) is 0 Å². The van der Waals surface area contributed by atoms with Crippen molar-refractivity contribution in [2.75, 3.05) is 0 Å². The summed E-state index contributed by atoms with van der Waals surface area (Å²) in [5, 5.41) is 0. The minimum Gasteiger partial charge on any atom is -0.744 e. The molecule has 0 saturated carbocycles. The first-order valence-electron chi connectivity index (χ1n) is 43.2. The zero-order chi connectivity index (χ0) is 69.3. The van der Waals surface area contributed by atoms with Gasteiger partial charge in [-0.25, -0.2) is 16.8 Å². The van der Waals surface area contributed by atoms with Crippen LogP contribution in [0.15, 0.2) is 58.3 Å². The van der Waals surface area contributed by atoms with Crippen molar-refractivity contribution < 1.29 is 25.9 Å². The van der Waals surface area contributed by atoms with E-state index in [0.717, 1.165) is 36.8 Å². The van der Waals surface area contributed by atoms with Crippen LogP contribution in [0.1, 0.15) is 487 Å². The Morgan fingerprint density at radius 2 is 0.289 bits per heavy atom. The average Bonchev–Trinajstić information content (AvgIpc) is 1.26. The zero-order valence-corrected chi connectivity index (χ0v) is 71.0.